The number of benzene rings is 3. The zero-order valence-electron chi connectivity index (χ0n) is 17.5. The molecule has 5 heteroatoms. The topological polar surface area (TPSA) is 66.8 Å². The Balaban J connectivity index is 1.64. The molecule has 0 bridgehead atoms. The lowest BCUT2D eigenvalue weighted by Gasteiger charge is -2.35. The predicted octanol–water partition coefficient (Wildman–Crippen LogP) is 4.03. The minimum Gasteiger partial charge on any atom is -0.469 e. The predicted molar refractivity (Wildman–Crippen MR) is 117 cm³/mol. The second-order valence-electron chi connectivity index (χ2n) is 7.72. The van der Waals surface area contributed by atoms with Gasteiger partial charge >= 0.3 is 5.97 Å². The van der Waals surface area contributed by atoms with E-state index in [9.17, 15) is 14.7 Å². The third-order valence-electron chi connectivity index (χ3n) is 5.78. The molecule has 1 aliphatic heterocycles. The van der Waals surface area contributed by atoms with E-state index < -0.39 is 5.72 Å². The molecule has 0 aromatic heterocycles. The highest BCUT2D eigenvalue weighted by Gasteiger charge is 2.49. The van der Waals surface area contributed by atoms with E-state index in [1.165, 1.54) is 12.0 Å². The van der Waals surface area contributed by atoms with Crippen LogP contribution in [0.2, 0.25) is 0 Å². The molecule has 1 aliphatic rings. The second-order valence-corrected chi connectivity index (χ2v) is 7.72. The molecule has 0 radical (unpaired) electrons. The lowest BCUT2D eigenvalue weighted by Crippen LogP contribution is -2.44. The van der Waals surface area contributed by atoms with E-state index in [0.29, 0.717) is 36.1 Å². The van der Waals surface area contributed by atoms with Crippen LogP contribution in [0.1, 0.15) is 45.5 Å². The van der Waals surface area contributed by atoms with Crippen molar-refractivity contribution in [3.8, 4) is 0 Å². The van der Waals surface area contributed by atoms with E-state index in [-0.39, 0.29) is 11.9 Å². The zero-order valence-corrected chi connectivity index (χ0v) is 17.5. The first-order valence-corrected chi connectivity index (χ1v) is 10.4. The van der Waals surface area contributed by atoms with Gasteiger partial charge in [-0.2, -0.15) is 0 Å². The summed E-state index contributed by atoms with van der Waals surface area (Å²) in [5.41, 5.74) is 2.20. The summed E-state index contributed by atoms with van der Waals surface area (Å²) >= 11 is 0. The summed E-state index contributed by atoms with van der Waals surface area (Å²) in [6, 6.07) is 24.5. The zero-order chi connectivity index (χ0) is 21.8. The van der Waals surface area contributed by atoms with Crippen molar-refractivity contribution in [2.45, 2.75) is 31.5 Å². The fourth-order valence-corrected chi connectivity index (χ4v) is 4.12. The fourth-order valence-electron chi connectivity index (χ4n) is 4.12. The molecule has 4 rings (SSSR count). The van der Waals surface area contributed by atoms with Gasteiger partial charge in [-0.05, 0) is 30.0 Å². The molecule has 1 N–H and O–H groups in total. The first-order chi connectivity index (χ1) is 15.0. The molecule has 0 fully saturated rings. The number of fused-ring (bicyclic) bond motifs is 1. The quantitative estimate of drug-likeness (QED) is 0.592. The standard InChI is InChI=1S/C26H25NO4/c1-31-24(28)13-7-10-19-14-16-21(17-15-19)26(30)23-12-6-5-11-22(23)25(29)27(26)18-20-8-3-2-4-9-20/h2-6,8-9,11-12,14-17,30H,7,10,13,18H2,1H3. The number of hydrogen-bond donors (Lipinski definition) is 1. The number of aliphatic hydroxyl groups is 1. The minimum absolute atomic E-state index is 0.191. The van der Waals surface area contributed by atoms with Crippen LogP contribution < -0.4 is 0 Å². The van der Waals surface area contributed by atoms with Crippen molar-refractivity contribution in [1.29, 1.82) is 0 Å². The number of rotatable bonds is 7. The largest absolute Gasteiger partial charge is 0.469 e. The number of aryl methyl sites for hydroxylation is 1. The molecule has 0 spiro atoms. The number of carbonyl (C=O) groups is 2. The molecule has 1 amide bonds. The van der Waals surface area contributed by atoms with Crippen LogP contribution in [0.3, 0.4) is 0 Å². The van der Waals surface area contributed by atoms with Gasteiger partial charge in [-0.1, -0.05) is 72.8 Å². The minimum atomic E-state index is -1.55. The Morgan fingerprint density at radius 1 is 0.935 bits per heavy atom. The lowest BCUT2D eigenvalue weighted by molar-refractivity contribution is -0.140. The van der Waals surface area contributed by atoms with Gasteiger partial charge in [-0.25, -0.2) is 0 Å². The average Bonchev–Trinajstić information content (AvgIpc) is 3.03. The lowest BCUT2D eigenvalue weighted by atomic mass is 9.92. The molecule has 31 heavy (non-hydrogen) atoms. The normalized spacial score (nSPS) is 17.5. The molecule has 158 valence electrons. The molecule has 0 aliphatic carbocycles. The molecule has 3 aromatic rings. The van der Waals surface area contributed by atoms with E-state index in [1.54, 1.807) is 6.07 Å². The maximum Gasteiger partial charge on any atom is 0.305 e. The smallest absolute Gasteiger partial charge is 0.305 e. The molecule has 3 aromatic carbocycles. The van der Waals surface area contributed by atoms with Gasteiger partial charge in [-0.3, -0.25) is 14.5 Å². The van der Waals surface area contributed by atoms with Crippen molar-refractivity contribution in [3.63, 3.8) is 0 Å². The summed E-state index contributed by atoms with van der Waals surface area (Å²) in [4.78, 5) is 26.1. The molecular weight excluding hydrogens is 390 g/mol. The van der Waals surface area contributed by atoms with Gasteiger partial charge < -0.3 is 9.84 Å². The van der Waals surface area contributed by atoms with E-state index in [0.717, 1.165) is 17.5 Å². The number of nitrogens with zero attached hydrogens (tertiary/aromatic N) is 1. The van der Waals surface area contributed by atoms with Crippen LogP contribution in [0.4, 0.5) is 0 Å². The van der Waals surface area contributed by atoms with Crippen molar-refractivity contribution in [2.24, 2.45) is 0 Å². The summed E-state index contributed by atoms with van der Waals surface area (Å²) in [7, 11) is 1.39. The highest BCUT2D eigenvalue weighted by Crippen LogP contribution is 2.43. The van der Waals surface area contributed by atoms with Crippen molar-refractivity contribution in [3.05, 3.63) is 107 Å². The summed E-state index contributed by atoms with van der Waals surface area (Å²) in [5, 5.41) is 11.9. The summed E-state index contributed by atoms with van der Waals surface area (Å²) in [5.74, 6) is -0.410. The number of methoxy groups -OCH3 is 1. The molecular formula is C26H25NO4. The van der Waals surface area contributed by atoms with Gasteiger partial charge in [0.2, 0.25) is 0 Å². The maximum absolute atomic E-state index is 13.2. The summed E-state index contributed by atoms with van der Waals surface area (Å²) in [6.07, 6.45) is 1.80. The fraction of sp³-hybridized carbons (Fsp3) is 0.231. The molecule has 5 nitrogen and oxygen atoms in total. The van der Waals surface area contributed by atoms with Crippen molar-refractivity contribution < 1.29 is 19.4 Å². The monoisotopic (exact) mass is 415 g/mol. The molecule has 1 unspecified atom stereocenters. The van der Waals surface area contributed by atoms with Crippen molar-refractivity contribution >= 4 is 11.9 Å². The van der Waals surface area contributed by atoms with E-state index in [1.807, 2.05) is 72.8 Å². The third kappa shape index (κ3) is 3.97. The molecule has 1 heterocycles. The van der Waals surface area contributed by atoms with Crippen molar-refractivity contribution in [1.82, 2.24) is 4.90 Å². The Morgan fingerprint density at radius 3 is 2.32 bits per heavy atom. The Bertz CT molecular complexity index is 1080. The van der Waals surface area contributed by atoms with Gasteiger partial charge in [-0.15, -0.1) is 0 Å². The maximum atomic E-state index is 13.2. The summed E-state index contributed by atoms with van der Waals surface area (Å²) < 4.78 is 4.68. The highest BCUT2D eigenvalue weighted by molar-refractivity contribution is 6.00. The number of esters is 1. The van der Waals surface area contributed by atoms with Crippen molar-refractivity contribution in [2.75, 3.05) is 7.11 Å². The van der Waals surface area contributed by atoms with Gasteiger partial charge in [0, 0.05) is 29.7 Å². The van der Waals surface area contributed by atoms with Crippen LogP contribution in [-0.4, -0.2) is 29.0 Å². The number of ether oxygens (including phenoxy) is 1. The van der Waals surface area contributed by atoms with Crippen LogP contribution in [0.15, 0.2) is 78.9 Å². The molecule has 0 saturated carbocycles. The second kappa shape index (κ2) is 8.74. The van der Waals surface area contributed by atoms with Gasteiger partial charge in [0.1, 0.15) is 0 Å². The first kappa shape index (κ1) is 20.8. The van der Waals surface area contributed by atoms with Crippen LogP contribution in [0.25, 0.3) is 0 Å². The summed E-state index contributed by atoms with van der Waals surface area (Å²) in [6.45, 7) is 0.297. The SMILES string of the molecule is COC(=O)CCCc1ccc(C2(O)c3ccccc3C(=O)N2Cc2ccccc2)cc1. The van der Waals surface area contributed by atoms with E-state index in [4.69, 9.17) is 0 Å². The van der Waals surface area contributed by atoms with Gasteiger partial charge in [0.15, 0.2) is 5.72 Å². The average molecular weight is 415 g/mol. The number of carbonyl (C=O) groups excluding carboxylic acids is 2. The Kier molecular flexibility index (Phi) is 5.87. The van der Waals surface area contributed by atoms with Crippen LogP contribution in [0.5, 0.6) is 0 Å². The number of hydrogen-bond acceptors (Lipinski definition) is 4. The highest BCUT2D eigenvalue weighted by atomic mass is 16.5. The third-order valence-corrected chi connectivity index (χ3v) is 5.78. The number of amides is 1. The van der Waals surface area contributed by atoms with Gasteiger partial charge in [0.25, 0.3) is 5.91 Å². The Labute approximate surface area is 181 Å². The Morgan fingerprint density at radius 2 is 1.61 bits per heavy atom. The first-order valence-electron chi connectivity index (χ1n) is 10.4. The van der Waals surface area contributed by atoms with E-state index in [2.05, 4.69) is 4.74 Å². The van der Waals surface area contributed by atoms with Crippen LogP contribution in [0, 0.1) is 0 Å². The van der Waals surface area contributed by atoms with Crippen LogP contribution >= 0.6 is 0 Å². The molecule has 1 atom stereocenters. The Hall–Kier alpha value is -3.44. The van der Waals surface area contributed by atoms with Crippen LogP contribution in [-0.2, 0) is 28.2 Å². The van der Waals surface area contributed by atoms with E-state index >= 15 is 0 Å². The molecule has 0 saturated heterocycles. The van der Waals surface area contributed by atoms with Gasteiger partial charge in [0.05, 0.1) is 7.11 Å².